The minimum absolute atomic E-state index is 0.200. The average molecular weight is 129 g/mol. The fourth-order valence-electron chi connectivity index (χ4n) is 1.01. The summed E-state index contributed by atoms with van der Waals surface area (Å²) in [5.74, 6) is -0.218. The first kappa shape index (κ1) is 6.55. The van der Waals surface area contributed by atoms with Crippen LogP contribution in [0.5, 0.6) is 0 Å². The molecule has 3 heteroatoms. The summed E-state index contributed by atoms with van der Waals surface area (Å²) in [5, 5.41) is 8.24. The predicted molar refractivity (Wildman–Crippen MR) is 31.9 cm³/mol. The lowest BCUT2D eigenvalue weighted by Crippen LogP contribution is -2.28. The summed E-state index contributed by atoms with van der Waals surface area (Å²) in [6, 6.07) is 0. The smallest absolute Gasteiger partial charge is 0.249 e. The SMILES string of the molecule is CCC1(C(=O)NO)CC1. The highest BCUT2D eigenvalue weighted by Crippen LogP contribution is 2.48. The molecule has 0 spiro atoms. The Morgan fingerprint density at radius 2 is 2.33 bits per heavy atom. The first-order valence-electron chi connectivity index (χ1n) is 3.20. The lowest BCUT2D eigenvalue weighted by Gasteiger charge is -2.07. The van der Waals surface area contributed by atoms with Crippen molar-refractivity contribution in [2.75, 3.05) is 0 Å². The van der Waals surface area contributed by atoms with Crippen LogP contribution in [0.15, 0.2) is 0 Å². The molecule has 3 nitrogen and oxygen atoms in total. The summed E-state index contributed by atoms with van der Waals surface area (Å²) in [7, 11) is 0. The van der Waals surface area contributed by atoms with Gasteiger partial charge in [-0.15, -0.1) is 0 Å². The van der Waals surface area contributed by atoms with Crippen molar-refractivity contribution in [2.24, 2.45) is 5.41 Å². The van der Waals surface area contributed by atoms with Crippen LogP contribution in [0, 0.1) is 5.41 Å². The number of nitrogens with one attached hydrogen (secondary N) is 1. The predicted octanol–water partition coefficient (Wildman–Crippen LogP) is 0.682. The summed E-state index contributed by atoms with van der Waals surface area (Å²) in [6.45, 7) is 1.96. The third kappa shape index (κ3) is 0.920. The second-order valence-electron chi connectivity index (χ2n) is 2.57. The van der Waals surface area contributed by atoms with Gasteiger partial charge in [-0.2, -0.15) is 0 Å². The fraction of sp³-hybridized carbons (Fsp3) is 0.833. The van der Waals surface area contributed by atoms with Gasteiger partial charge in [0.05, 0.1) is 5.41 Å². The van der Waals surface area contributed by atoms with Gasteiger partial charge in [0.1, 0.15) is 0 Å². The molecule has 0 aliphatic heterocycles. The van der Waals surface area contributed by atoms with Crippen molar-refractivity contribution in [3.05, 3.63) is 0 Å². The van der Waals surface area contributed by atoms with Gasteiger partial charge in [-0.25, -0.2) is 5.48 Å². The Morgan fingerprint density at radius 3 is 2.44 bits per heavy atom. The van der Waals surface area contributed by atoms with Crippen molar-refractivity contribution in [1.29, 1.82) is 0 Å². The normalized spacial score (nSPS) is 21.1. The van der Waals surface area contributed by atoms with Gasteiger partial charge >= 0.3 is 0 Å². The molecule has 52 valence electrons. The molecule has 2 N–H and O–H groups in total. The molecule has 1 fully saturated rings. The molecule has 1 aliphatic rings. The van der Waals surface area contributed by atoms with Crippen molar-refractivity contribution in [3.63, 3.8) is 0 Å². The van der Waals surface area contributed by atoms with E-state index in [9.17, 15) is 4.79 Å². The molecule has 1 rings (SSSR count). The van der Waals surface area contributed by atoms with Gasteiger partial charge < -0.3 is 0 Å². The number of amides is 1. The molecule has 0 saturated heterocycles. The van der Waals surface area contributed by atoms with Crippen LogP contribution >= 0.6 is 0 Å². The largest absolute Gasteiger partial charge is 0.289 e. The molecule has 0 aromatic heterocycles. The average Bonchev–Trinajstić information content (AvgIpc) is 2.66. The maximum absolute atomic E-state index is 10.8. The van der Waals surface area contributed by atoms with Gasteiger partial charge in [0, 0.05) is 0 Å². The molecule has 9 heavy (non-hydrogen) atoms. The van der Waals surface area contributed by atoms with Crippen LogP contribution in [-0.2, 0) is 4.79 Å². The molecular weight excluding hydrogens is 118 g/mol. The minimum Gasteiger partial charge on any atom is -0.289 e. The van der Waals surface area contributed by atoms with Crippen LogP contribution in [0.3, 0.4) is 0 Å². The number of rotatable bonds is 2. The van der Waals surface area contributed by atoms with Crippen molar-refractivity contribution in [2.45, 2.75) is 26.2 Å². The van der Waals surface area contributed by atoms with E-state index in [-0.39, 0.29) is 11.3 Å². The molecule has 0 bridgehead atoms. The summed E-state index contributed by atoms with van der Waals surface area (Å²) in [4.78, 5) is 10.8. The maximum atomic E-state index is 10.8. The van der Waals surface area contributed by atoms with Crippen LogP contribution in [-0.4, -0.2) is 11.1 Å². The van der Waals surface area contributed by atoms with Gasteiger partial charge in [0.25, 0.3) is 0 Å². The van der Waals surface area contributed by atoms with E-state index < -0.39 is 0 Å². The molecule has 0 unspecified atom stereocenters. The third-order valence-electron chi connectivity index (χ3n) is 2.11. The van der Waals surface area contributed by atoms with Crippen molar-refractivity contribution >= 4 is 5.91 Å². The number of hydrogen-bond acceptors (Lipinski definition) is 2. The van der Waals surface area contributed by atoms with E-state index in [0.29, 0.717) is 0 Å². The van der Waals surface area contributed by atoms with Crippen molar-refractivity contribution in [1.82, 2.24) is 5.48 Å². The molecule has 0 heterocycles. The van der Waals surface area contributed by atoms with E-state index in [1.54, 1.807) is 5.48 Å². The van der Waals surface area contributed by atoms with Crippen LogP contribution in [0.2, 0.25) is 0 Å². The minimum atomic E-state index is -0.218. The Morgan fingerprint density at radius 1 is 1.78 bits per heavy atom. The molecule has 1 aliphatic carbocycles. The second-order valence-corrected chi connectivity index (χ2v) is 2.57. The van der Waals surface area contributed by atoms with Crippen LogP contribution < -0.4 is 5.48 Å². The quantitative estimate of drug-likeness (QED) is 0.425. The van der Waals surface area contributed by atoms with Crippen molar-refractivity contribution < 1.29 is 10.0 Å². The number of hydroxylamine groups is 1. The van der Waals surface area contributed by atoms with Crippen LogP contribution in [0.4, 0.5) is 0 Å². The van der Waals surface area contributed by atoms with Crippen LogP contribution in [0.1, 0.15) is 26.2 Å². The lowest BCUT2D eigenvalue weighted by atomic mass is 10.0. The van der Waals surface area contributed by atoms with E-state index in [1.165, 1.54) is 0 Å². The molecule has 0 aromatic carbocycles. The number of carbonyl (C=O) groups is 1. The zero-order valence-corrected chi connectivity index (χ0v) is 5.48. The summed E-state index contributed by atoms with van der Waals surface area (Å²) >= 11 is 0. The monoisotopic (exact) mass is 129 g/mol. The maximum Gasteiger partial charge on any atom is 0.249 e. The Balaban J connectivity index is 2.49. The first-order chi connectivity index (χ1) is 4.25. The molecule has 0 radical (unpaired) electrons. The van der Waals surface area contributed by atoms with Gasteiger partial charge in [-0.05, 0) is 19.3 Å². The topological polar surface area (TPSA) is 49.3 Å². The van der Waals surface area contributed by atoms with Gasteiger partial charge in [0.15, 0.2) is 0 Å². The number of hydrogen-bond donors (Lipinski definition) is 2. The van der Waals surface area contributed by atoms with Gasteiger partial charge in [-0.1, -0.05) is 6.92 Å². The Labute approximate surface area is 54.0 Å². The lowest BCUT2D eigenvalue weighted by molar-refractivity contribution is -0.134. The standard InChI is InChI=1S/C6H11NO2/c1-2-6(3-4-6)5(8)7-9/h9H,2-4H2,1H3,(H,7,8). The summed E-state index contributed by atoms with van der Waals surface area (Å²) in [6.07, 6.45) is 2.69. The third-order valence-corrected chi connectivity index (χ3v) is 2.11. The molecular formula is C6H11NO2. The zero-order chi connectivity index (χ0) is 6.91. The van der Waals surface area contributed by atoms with Gasteiger partial charge in [0.2, 0.25) is 5.91 Å². The molecule has 0 aromatic rings. The van der Waals surface area contributed by atoms with Gasteiger partial charge in [-0.3, -0.25) is 10.0 Å². The molecule has 1 amide bonds. The van der Waals surface area contributed by atoms with Crippen molar-refractivity contribution in [3.8, 4) is 0 Å². The van der Waals surface area contributed by atoms with E-state index in [1.807, 2.05) is 6.92 Å². The Bertz CT molecular complexity index is 129. The number of carbonyl (C=O) groups excluding carboxylic acids is 1. The summed E-state index contributed by atoms with van der Waals surface area (Å²) in [5.41, 5.74) is 1.48. The summed E-state index contributed by atoms with van der Waals surface area (Å²) < 4.78 is 0. The Kier molecular flexibility index (Phi) is 1.45. The highest BCUT2D eigenvalue weighted by Gasteiger charge is 2.47. The Hall–Kier alpha value is -0.570. The van der Waals surface area contributed by atoms with E-state index in [0.717, 1.165) is 19.3 Å². The second kappa shape index (κ2) is 1.99. The van der Waals surface area contributed by atoms with E-state index in [2.05, 4.69) is 0 Å². The fourth-order valence-corrected chi connectivity index (χ4v) is 1.01. The van der Waals surface area contributed by atoms with E-state index in [4.69, 9.17) is 5.21 Å². The highest BCUT2D eigenvalue weighted by molar-refractivity contribution is 5.84. The molecule has 1 saturated carbocycles. The highest BCUT2D eigenvalue weighted by atomic mass is 16.5. The zero-order valence-electron chi connectivity index (χ0n) is 5.48. The molecule has 0 atom stereocenters. The first-order valence-corrected chi connectivity index (χ1v) is 3.20. The van der Waals surface area contributed by atoms with Crippen LogP contribution in [0.25, 0.3) is 0 Å². The van der Waals surface area contributed by atoms with E-state index >= 15 is 0 Å².